The number of nitrogens with zero attached hydrogens (tertiary/aromatic N) is 1. The van der Waals surface area contributed by atoms with E-state index in [4.69, 9.17) is 0 Å². The van der Waals surface area contributed by atoms with Crippen LogP contribution in [0.15, 0.2) is 54.6 Å². The molecule has 0 spiro atoms. The van der Waals surface area contributed by atoms with Crippen LogP contribution < -0.4 is 0 Å². The first-order valence-electron chi connectivity index (χ1n) is 6.23. The van der Waals surface area contributed by atoms with E-state index in [0.717, 1.165) is 16.7 Å². The van der Waals surface area contributed by atoms with E-state index in [9.17, 15) is 10.1 Å². The number of hydrogen-bond donors (Lipinski definition) is 0. The number of benzene rings is 2. The highest BCUT2D eigenvalue weighted by atomic mass is 16.1. The summed E-state index contributed by atoms with van der Waals surface area (Å²) in [7, 11) is 0. The molecule has 0 radical (unpaired) electrons. The van der Waals surface area contributed by atoms with E-state index in [1.807, 2.05) is 61.5 Å². The predicted molar refractivity (Wildman–Crippen MR) is 74.7 cm³/mol. The summed E-state index contributed by atoms with van der Waals surface area (Å²) in [5.41, 5.74) is 2.79. The molecule has 2 aromatic carbocycles. The minimum Gasteiger partial charge on any atom is -0.297 e. The van der Waals surface area contributed by atoms with E-state index in [-0.39, 0.29) is 5.78 Å². The number of rotatable bonds is 4. The molecule has 19 heavy (non-hydrogen) atoms. The fraction of sp³-hybridized carbons (Fsp3) is 0.176. The van der Waals surface area contributed by atoms with Gasteiger partial charge < -0.3 is 0 Å². The fourth-order valence-corrected chi connectivity index (χ4v) is 2.08. The van der Waals surface area contributed by atoms with E-state index in [2.05, 4.69) is 6.07 Å². The van der Waals surface area contributed by atoms with Gasteiger partial charge in [-0.1, -0.05) is 60.2 Å². The molecule has 2 heteroatoms. The topological polar surface area (TPSA) is 40.9 Å². The number of carbonyl (C=O) groups is 1. The van der Waals surface area contributed by atoms with Gasteiger partial charge in [0.15, 0.2) is 5.78 Å². The number of aryl methyl sites for hydroxylation is 1. The van der Waals surface area contributed by atoms with E-state index < -0.39 is 5.92 Å². The number of hydrogen-bond acceptors (Lipinski definition) is 2. The molecule has 0 N–H and O–H groups in total. The molecule has 0 heterocycles. The lowest BCUT2D eigenvalue weighted by atomic mass is 9.91. The van der Waals surface area contributed by atoms with Crippen molar-refractivity contribution in [2.45, 2.75) is 19.3 Å². The van der Waals surface area contributed by atoms with Crippen LogP contribution in [0.3, 0.4) is 0 Å². The van der Waals surface area contributed by atoms with Crippen LogP contribution in [0.4, 0.5) is 0 Å². The molecule has 0 amide bonds. The van der Waals surface area contributed by atoms with Crippen LogP contribution in [-0.2, 0) is 11.2 Å². The van der Waals surface area contributed by atoms with Crippen LogP contribution in [0, 0.1) is 18.3 Å². The molecular weight excluding hydrogens is 234 g/mol. The van der Waals surface area contributed by atoms with Gasteiger partial charge >= 0.3 is 0 Å². The van der Waals surface area contributed by atoms with Gasteiger partial charge in [-0.3, -0.25) is 4.79 Å². The highest BCUT2D eigenvalue weighted by Gasteiger charge is 2.20. The van der Waals surface area contributed by atoms with Crippen molar-refractivity contribution in [2.75, 3.05) is 0 Å². The summed E-state index contributed by atoms with van der Waals surface area (Å²) in [5.74, 6) is -0.737. The van der Waals surface area contributed by atoms with Crippen LogP contribution in [0.25, 0.3) is 0 Å². The second-order valence-corrected chi connectivity index (χ2v) is 4.60. The first-order valence-corrected chi connectivity index (χ1v) is 6.23. The molecule has 0 aliphatic heterocycles. The fourth-order valence-electron chi connectivity index (χ4n) is 2.08. The van der Waals surface area contributed by atoms with Crippen LogP contribution in [-0.4, -0.2) is 5.78 Å². The van der Waals surface area contributed by atoms with Crippen LogP contribution >= 0.6 is 0 Å². The zero-order valence-electron chi connectivity index (χ0n) is 10.8. The second-order valence-electron chi connectivity index (χ2n) is 4.60. The molecule has 0 aromatic heterocycles. The van der Waals surface area contributed by atoms with Gasteiger partial charge in [0.05, 0.1) is 6.07 Å². The van der Waals surface area contributed by atoms with Gasteiger partial charge in [-0.25, -0.2) is 0 Å². The third-order valence-corrected chi connectivity index (χ3v) is 3.05. The van der Waals surface area contributed by atoms with Crippen molar-refractivity contribution in [3.63, 3.8) is 0 Å². The van der Waals surface area contributed by atoms with Gasteiger partial charge in [0.2, 0.25) is 0 Å². The van der Waals surface area contributed by atoms with Gasteiger partial charge in [-0.2, -0.15) is 5.26 Å². The largest absolute Gasteiger partial charge is 0.297 e. The molecule has 0 saturated heterocycles. The molecule has 0 saturated carbocycles. The molecule has 1 atom stereocenters. The average Bonchev–Trinajstić information content (AvgIpc) is 2.41. The summed E-state index contributed by atoms with van der Waals surface area (Å²) < 4.78 is 0. The maximum Gasteiger partial charge on any atom is 0.158 e. The Hall–Kier alpha value is -2.40. The summed E-state index contributed by atoms with van der Waals surface area (Å²) in [6.07, 6.45) is 0.299. The molecule has 0 aliphatic carbocycles. The lowest BCUT2D eigenvalue weighted by molar-refractivity contribution is -0.118. The summed E-state index contributed by atoms with van der Waals surface area (Å²) in [4.78, 5) is 12.2. The molecule has 2 aromatic rings. The molecular formula is C17H15NO. The van der Waals surface area contributed by atoms with Crippen molar-refractivity contribution in [1.29, 1.82) is 5.26 Å². The number of carbonyl (C=O) groups excluding carboxylic acids is 1. The van der Waals surface area contributed by atoms with Crippen molar-refractivity contribution in [3.05, 3.63) is 71.3 Å². The summed E-state index contributed by atoms with van der Waals surface area (Å²) in [6, 6.07) is 19.2. The third kappa shape index (κ3) is 3.29. The van der Waals surface area contributed by atoms with Gasteiger partial charge in [-0.05, 0) is 18.1 Å². The number of ketones is 1. The Kier molecular flexibility index (Phi) is 4.10. The summed E-state index contributed by atoms with van der Waals surface area (Å²) >= 11 is 0. The Morgan fingerprint density at radius 3 is 2.53 bits per heavy atom. The highest BCUT2D eigenvalue weighted by molar-refractivity contribution is 5.90. The zero-order chi connectivity index (χ0) is 13.7. The average molecular weight is 249 g/mol. The predicted octanol–water partition coefficient (Wildman–Crippen LogP) is 3.41. The minimum absolute atomic E-state index is 0.0562. The molecule has 2 rings (SSSR count). The van der Waals surface area contributed by atoms with Crippen molar-refractivity contribution < 1.29 is 4.79 Å². The maximum absolute atomic E-state index is 12.2. The Bertz CT molecular complexity index is 611. The van der Waals surface area contributed by atoms with E-state index in [1.54, 1.807) is 0 Å². The van der Waals surface area contributed by atoms with Crippen LogP contribution in [0.1, 0.15) is 22.6 Å². The lowest BCUT2D eigenvalue weighted by Crippen LogP contribution is -2.13. The van der Waals surface area contributed by atoms with E-state index >= 15 is 0 Å². The SMILES string of the molecule is Cc1cccc(C(C#N)C(=O)Cc2ccccc2)c1. The van der Waals surface area contributed by atoms with Crippen molar-refractivity contribution in [2.24, 2.45) is 0 Å². The lowest BCUT2D eigenvalue weighted by Gasteiger charge is -2.09. The summed E-state index contributed by atoms with van der Waals surface area (Å²) in [5, 5.41) is 9.25. The highest BCUT2D eigenvalue weighted by Crippen LogP contribution is 2.19. The van der Waals surface area contributed by atoms with Gasteiger partial charge in [0.1, 0.15) is 5.92 Å². The monoisotopic (exact) mass is 249 g/mol. The van der Waals surface area contributed by atoms with Gasteiger partial charge in [-0.15, -0.1) is 0 Å². The minimum atomic E-state index is -0.680. The second kappa shape index (κ2) is 5.97. The number of Topliss-reactive ketones (excluding diaryl/α,β-unsaturated/α-hetero) is 1. The van der Waals surface area contributed by atoms with E-state index in [1.165, 1.54) is 0 Å². The molecule has 94 valence electrons. The van der Waals surface area contributed by atoms with E-state index in [0.29, 0.717) is 6.42 Å². The van der Waals surface area contributed by atoms with Gasteiger partial charge in [0, 0.05) is 6.42 Å². The Morgan fingerprint density at radius 1 is 1.16 bits per heavy atom. The normalized spacial score (nSPS) is 11.6. The quantitative estimate of drug-likeness (QED) is 0.833. The van der Waals surface area contributed by atoms with Crippen molar-refractivity contribution >= 4 is 5.78 Å². The first-order chi connectivity index (χ1) is 9.20. The molecule has 0 aliphatic rings. The molecule has 0 fully saturated rings. The van der Waals surface area contributed by atoms with Crippen LogP contribution in [0.2, 0.25) is 0 Å². The van der Waals surface area contributed by atoms with Crippen molar-refractivity contribution in [1.82, 2.24) is 0 Å². The van der Waals surface area contributed by atoms with Crippen LogP contribution in [0.5, 0.6) is 0 Å². The molecule has 1 unspecified atom stereocenters. The standard InChI is InChI=1S/C17H15NO/c1-13-6-5-9-15(10-13)16(12-18)17(19)11-14-7-3-2-4-8-14/h2-10,16H,11H2,1H3. The van der Waals surface area contributed by atoms with Gasteiger partial charge in [0.25, 0.3) is 0 Å². The molecule has 2 nitrogen and oxygen atoms in total. The Morgan fingerprint density at radius 2 is 1.89 bits per heavy atom. The van der Waals surface area contributed by atoms with Crippen molar-refractivity contribution in [3.8, 4) is 6.07 Å². The maximum atomic E-state index is 12.2. The zero-order valence-corrected chi connectivity index (χ0v) is 10.8. The smallest absolute Gasteiger partial charge is 0.158 e. The Balaban J connectivity index is 2.19. The number of nitriles is 1. The Labute approximate surface area is 113 Å². The summed E-state index contributed by atoms with van der Waals surface area (Å²) in [6.45, 7) is 1.96. The first kappa shape index (κ1) is 13.0. The third-order valence-electron chi connectivity index (χ3n) is 3.05. The molecule has 0 bridgehead atoms.